The molecule has 2 atom stereocenters. The van der Waals surface area contributed by atoms with Crippen molar-refractivity contribution in [1.82, 2.24) is 14.9 Å². The molecule has 2 aromatic heterocycles. The molecule has 3 heterocycles. The molecule has 1 aliphatic heterocycles. The quantitative estimate of drug-likeness (QED) is 0.389. The largest absolute Gasteiger partial charge is 0.508 e. The van der Waals surface area contributed by atoms with Gasteiger partial charge in [-0.3, -0.25) is 4.98 Å². The van der Waals surface area contributed by atoms with Crippen LogP contribution in [0.2, 0.25) is 0 Å². The third-order valence-corrected chi connectivity index (χ3v) is 6.59. The molecule has 5 nitrogen and oxygen atoms in total. The molecule has 4 aromatic rings. The number of pyridine rings is 1. The molecule has 1 aliphatic rings. The summed E-state index contributed by atoms with van der Waals surface area (Å²) in [6, 6.07) is 23.7. The van der Waals surface area contributed by atoms with Crippen molar-refractivity contribution >= 4 is 23.0 Å². The van der Waals surface area contributed by atoms with Crippen LogP contribution in [0.3, 0.4) is 0 Å². The predicted molar refractivity (Wildman–Crippen MR) is 136 cm³/mol. The number of phenols is 1. The van der Waals surface area contributed by atoms with Gasteiger partial charge < -0.3 is 19.9 Å². The number of aromatic nitrogens is 2. The van der Waals surface area contributed by atoms with E-state index >= 15 is 0 Å². The van der Waals surface area contributed by atoms with Gasteiger partial charge in [-0.2, -0.15) is 0 Å². The number of benzene rings is 2. The van der Waals surface area contributed by atoms with Gasteiger partial charge in [0.15, 0.2) is 5.11 Å². The molecule has 0 aliphatic carbocycles. The van der Waals surface area contributed by atoms with Gasteiger partial charge in [-0.05, 0) is 98.7 Å². The molecule has 1 fully saturated rings. The second-order valence-electron chi connectivity index (χ2n) is 8.51. The van der Waals surface area contributed by atoms with Crippen molar-refractivity contribution in [3.05, 3.63) is 107 Å². The first-order chi connectivity index (χ1) is 15.9. The van der Waals surface area contributed by atoms with E-state index in [4.69, 9.17) is 12.2 Å². The summed E-state index contributed by atoms with van der Waals surface area (Å²) >= 11 is 5.82. The summed E-state index contributed by atoms with van der Waals surface area (Å²) in [5.41, 5.74) is 7.75. The lowest BCUT2D eigenvalue weighted by atomic mass is 9.96. The van der Waals surface area contributed by atoms with Gasteiger partial charge >= 0.3 is 0 Å². The van der Waals surface area contributed by atoms with Gasteiger partial charge in [-0.15, -0.1) is 0 Å². The van der Waals surface area contributed by atoms with Crippen molar-refractivity contribution < 1.29 is 5.11 Å². The van der Waals surface area contributed by atoms with Gasteiger partial charge in [0, 0.05) is 29.0 Å². The van der Waals surface area contributed by atoms with E-state index in [0.29, 0.717) is 5.11 Å². The minimum Gasteiger partial charge on any atom is -0.508 e. The molecule has 0 amide bonds. The Bertz CT molecular complexity index is 1310. The Morgan fingerprint density at radius 3 is 2.39 bits per heavy atom. The zero-order valence-electron chi connectivity index (χ0n) is 18.9. The van der Waals surface area contributed by atoms with Crippen LogP contribution in [0.5, 0.6) is 5.75 Å². The standard InChI is InChI=1S/C27H26N4OS/c1-17-7-6-8-21(15-17)30-18(2)16-23(19(30)3)26-25(24-9-4-5-14-28-24)29-27(33)31(26)20-10-12-22(32)13-11-20/h4-16,25-26,32H,1-3H3,(H,29,33)/t25-,26-/m0/s1. The highest BCUT2D eigenvalue weighted by atomic mass is 32.1. The average Bonchev–Trinajstić information content (AvgIpc) is 3.30. The van der Waals surface area contributed by atoms with Crippen LogP contribution in [0.25, 0.3) is 5.69 Å². The molecular weight excluding hydrogens is 428 g/mol. The maximum Gasteiger partial charge on any atom is 0.174 e. The monoisotopic (exact) mass is 454 g/mol. The molecule has 0 saturated carbocycles. The number of phenolic OH excluding ortho intramolecular Hbond substituents is 1. The maximum atomic E-state index is 9.83. The molecule has 0 unspecified atom stereocenters. The van der Waals surface area contributed by atoms with Crippen molar-refractivity contribution in [3.63, 3.8) is 0 Å². The minimum atomic E-state index is -0.112. The van der Waals surface area contributed by atoms with Crippen LogP contribution in [0, 0.1) is 20.8 Å². The van der Waals surface area contributed by atoms with Crippen LogP contribution >= 0.6 is 12.2 Å². The number of anilines is 1. The Morgan fingerprint density at radius 2 is 1.70 bits per heavy atom. The fourth-order valence-electron chi connectivity index (χ4n) is 4.81. The highest BCUT2D eigenvalue weighted by molar-refractivity contribution is 7.80. The van der Waals surface area contributed by atoms with E-state index in [1.807, 2.05) is 36.5 Å². The Hall–Kier alpha value is -3.64. The first-order valence-electron chi connectivity index (χ1n) is 11.0. The van der Waals surface area contributed by atoms with E-state index in [-0.39, 0.29) is 17.8 Å². The normalized spacial score (nSPS) is 17.9. The molecule has 5 rings (SSSR count). The highest BCUT2D eigenvalue weighted by Crippen LogP contribution is 2.43. The number of hydrogen-bond acceptors (Lipinski definition) is 3. The van der Waals surface area contributed by atoms with Gasteiger partial charge in [0.1, 0.15) is 5.75 Å². The first kappa shape index (κ1) is 21.2. The van der Waals surface area contributed by atoms with Crippen molar-refractivity contribution in [3.8, 4) is 11.4 Å². The number of aryl methyl sites for hydroxylation is 2. The topological polar surface area (TPSA) is 53.3 Å². The molecule has 0 radical (unpaired) electrons. The van der Waals surface area contributed by atoms with Crippen LogP contribution in [0.15, 0.2) is 79.0 Å². The summed E-state index contributed by atoms with van der Waals surface area (Å²) in [6.45, 7) is 6.41. The number of rotatable bonds is 4. The smallest absolute Gasteiger partial charge is 0.174 e. The van der Waals surface area contributed by atoms with Crippen molar-refractivity contribution in [2.24, 2.45) is 0 Å². The SMILES string of the molecule is Cc1cccc(-n2c(C)cc([C@H]3[C@H](c4ccccn4)NC(=S)N3c3ccc(O)cc3)c2C)c1. The van der Waals surface area contributed by atoms with Crippen LogP contribution in [-0.2, 0) is 0 Å². The second-order valence-corrected chi connectivity index (χ2v) is 8.90. The molecule has 166 valence electrons. The second kappa shape index (κ2) is 8.37. The Balaban J connectivity index is 1.68. The lowest BCUT2D eigenvalue weighted by Crippen LogP contribution is -2.29. The van der Waals surface area contributed by atoms with Crippen LogP contribution in [0.4, 0.5) is 5.69 Å². The van der Waals surface area contributed by atoms with Gasteiger partial charge in [0.05, 0.1) is 17.8 Å². The molecule has 0 bridgehead atoms. The van der Waals surface area contributed by atoms with E-state index in [1.165, 1.54) is 16.8 Å². The fraction of sp³-hybridized carbons (Fsp3) is 0.185. The molecule has 33 heavy (non-hydrogen) atoms. The lowest BCUT2D eigenvalue weighted by Gasteiger charge is -2.28. The van der Waals surface area contributed by atoms with Crippen molar-refractivity contribution in [1.29, 1.82) is 0 Å². The zero-order valence-corrected chi connectivity index (χ0v) is 19.7. The summed E-state index contributed by atoms with van der Waals surface area (Å²) in [5, 5.41) is 14.0. The van der Waals surface area contributed by atoms with Gasteiger partial charge in [-0.1, -0.05) is 18.2 Å². The number of aromatic hydroxyl groups is 1. The van der Waals surface area contributed by atoms with Crippen LogP contribution in [0.1, 0.15) is 40.3 Å². The summed E-state index contributed by atoms with van der Waals surface area (Å²) in [7, 11) is 0. The van der Waals surface area contributed by atoms with Crippen molar-refractivity contribution in [2.75, 3.05) is 4.90 Å². The van der Waals surface area contributed by atoms with E-state index in [2.05, 4.69) is 70.9 Å². The van der Waals surface area contributed by atoms with Gasteiger partial charge in [0.2, 0.25) is 0 Å². The van der Waals surface area contributed by atoms with Crippen LogP contribution in [-0.4, -0.2) is 19.8 Å². The molecule has 1 saturated heterocycles. The van der Waals surface area contributed by atoms with Crippen molar-refractivity contribution in [2.45, 2.75) is 32.9 Å². The van der Waals surface area contributed by atoms with Crippen LogP contribution < -0.4 is 10.2 Å². The number of hydrogen-bond donors (Lipinski definition) is 2. The Labute approximate surface area is 199 Å². The molecule has 2 aromatic carbocycles. The van der Waals surface area contributed by atoms with Gasteiger partial charge in [0.25, 0.3) is 0 Å². The van der Waals surface area contributed by atoms with E-state index in [9.17, 15) is 5.11 Å². The number of nitrogens with zero attached hydrogens (tertiary/aromatic N) is 3. The third kappa shape index (κ3) is 3.76. The fourth-order valence-corrected chi connectivity index (χ4v) is 5.16. The summed E-state index contributed by atoms with van der Waals surface area (Å²) in [6.07, 6.45) is 1.82. The minimum absolute atomic E-state index is 0.0956. The number of nitrogens with one attached hydrogen (secondary N) is 1. The molecule has 2 N–H and O–H groups in total. The average molecular weight is 455 g/mol. The molecule has 6 heteroatoms. The van der Waals surface area contributed by atoms with Gasteiger partial charge in [-0.25, -0.2) is 0 Å². The molecule has 0 spiro atoms. The summed E-state index contributed by atoms with van der Waals surface area (Å²) in [4.78, 5) is 6.78. The summed E-state index contributed by atoms with van der Waals surface area (Å²) in [5.74, 6) is 0.229. The predicted octanol–water partition coefficient (Wildman–Crippen LogP) is 5.68. The van der Waals surface area contributed by atoms with E-state index < -0.39 is 0 Å². The number of thiocarbonyl (C=S) groups is 1. The summed E-state index contributed by atoms with van der Waals surface area (Å²) < 4.78 is 2.30. The zero-order chi connectivity index (χ0) is 23.1. The first-order valence-corrected chi connectivity index (χ1v) is 11.4. The highest BCUT2D eigenvalue weighted by Gasteiger charge is 2.42. The van der Waals surface area contributed by atoms with E-state index in [1.54, 1.807) is 12.1 Å². The Morgan fingerprint density at radius 1 is 0.909 bits per heavy atom. The third-order valence-electron chi connectivity index (χ3n) is 6.27. The lowest BCUT2D eigenvalue weighted by molar-refractivity contribution is 0.475. The maximum absolute atomic E-state index is 9.83. The van der Waals surface area contributed by atoms with E-state index in [0.717, 1.165) is 22.8 Å². The Kier molecular flexibility index (Phi) is 5.38. The molecular formula is C27H26N4OS.